The molecule has 158 valence electrons. The average molecular weight is 449 g/mol. The molecule has 3 heterocycles. The number of halogens is 2. The van der Waals surface area contributed by atoms with Gasteiger partial charge in [0.15, 0.2) is 10.6 Å². The quantitative estimate of drug-likeness (QED) is 0.615. The Balaban J connectivity index is 1.61. The first-order chi connectivity index (χ1) is 14.3. The number of fused-ring (bicyclic) bond motifs is 1. The van der Waals surface area contributed by atoms with Gasteiger partial charge in [0, 0.05) is 13.1 Å². The molecule has 2 aromatic heterocycles. The van der Waals surface area contributed by atoms with Gasteiger partial charge in [0.2, 0.25) is 5.91 Å². The minimum atomic E-state index is -1.79. The van der Waals surface area contributed by atoms with E-state index in [0.717, 1.165) is 12.0 Å². The molecule has 1 atom stereocenters. The highest BCUT2D eigenvalue weighted by atomic mass is 35.5. The Morgan fingerprint density at radius 1 is 1.40 bits per heavy atom. The first-order valence-electron chi connectivity index (χ1n) is 9.75. The van der Waals surface area contributed by atoms with Gasteiger partial charge in [-0.25, -0.2) is 9.37 Å². The van der Waals surface area contributed by atoms with Gasteiger partial charge in [-0.05, 0) is 32.3 Å². The number of amides is 1. The Kier molecular flexibility index (Phi) is 5.55. The lowest BCUT2D eigenvalue weighted by atomic mass is 10.1. The molecule has 1 unspecified atom stereocenters. The third-order valence-electron chi connectivity index (χ3n) is 5.19. The maximum atomic E-state index is 14.5. The lowest BCUT2D eigenvalue weighted by molar-refractivity contribution is -0.122. The second-order valence-electron chi connectivity index (χ2n) is 7.84. The molecule has 0 spiro atoms. The molecule has 6 nitrogen and oxygen atoms in total. The molecule has 1 aromatic carbocycles. The summed E-state index contributed by atoms with van der Waals surface area (Å²) in [6.45, 7) is 3.78. The Morgan fingerprint density at radius 3 is 2.83 bits per heavy atom. The molecule has 0 bridgehead atoms. The number of aromatic amines is 1. The van der Waals surface area contributed by atoms with Gasteiger partial charge >= 0.3 is 0 Å². The van der Waals surface area contributed by atoms with Crippen LogP contribution in [-0.4, -0.2) is 28.5 Å². The molecule has 1 amide bonds. The molecule has 3 aromatic rings. The number of hydrogen-bond donors (Lipinski definition) is 2. The molecule has 1 fully saturated rings. The van der Waals surface area contributed by atoms with E-state index in [0.29, 0.717) is 29.3 Å². The number of anilines is 1. The zero-order chi connectivity index (χ0) is 21.5. The molecule has 1 aliphatic rings. The van der Waals surface area contributed by atoms with Crippen LogP contribution >= 0.6 is 22.9 Å². The maximum Gasteiger partial charge on any atom is 0.275 e. The number of aromatic nitrogens is 2. The van der Waals surface area contributed by atoms with Crippen LogP contribution in [0.25, 0.3) is 10.2 Å². The summed E-state index contributed by atoms with van der Waals surface area (Å²) in [5.41, 5.74) is -1.04. The van der Waals surface area contributed by atoms with E-state index in [1.165, 1.54) is 25.2 Å². The van der Waals surface area contributed by atoms with E-state index in [1.54, 1.807) is 0 Å². The van der Waals surface area contributed by atoms with Crippen LogP contribution in [0.2, 0.25) is 5.02 Å². The number of carbonyl (C=O) groups excluding carboxylic acids is 1. The molecule has 9 heteroatoms. The van der Waals surface area contributed by atoms with E-state index >= 15 is 0 Å². The summed E-state index contributed by atoms with van der Waals surface area (Å²) in [7, 11) is 0. The van der Waals surface area contributed by atoms with Crippen molar-refractivity contribution < 1.29 is 9.18 Å². The molecule has 4 rings (SSSR count). The van der Waals surface area contributed by atoms with Gasteiger partial charge in [0.1, 0.15) is 11.7 Å². The molecule has 2 N–H and O–H groups in total. The van der Waals surface area contributed by atoms with Crippen LogP contribution in [-0.2, 0) is 17.0 Å². The number of H-pyrrole nitrogens is 1. The van der Waals surface area contributed by atoms with Gasteiger partial charge in [0.05, 0.1) is 15.4 Å². The van der Waals surface area contributed by atoms with Gasteiger partial charge in [-0.2, -0.15) is 0 Å². The predicted octanol–water partition coefficient (Wildman–Crippen LogP) is 4.13. The zero-order valence-electron chi connectivity index (χ0n) is 16.7. The molecule has 0 aliphatic carbocycles. The van der Waals surface area contributed by atoms with Crippen molar-refractivity contribution in [1.82, 2.24) is 15.3 Å². The van der Waals surface area contributed by atoms with Gasteiger partial charge in [0.25, 0.3) is 5.56 Å². The third kappa shape index (κ3) is 3.94. The largest absolute Gasteiger partial charge is 0.350 e. The van der Waals surface area contributed by atoms with Gasteiger partial charge in [-0.3, -0.25) is 9.59 Å². The summed E-state index contributed by atoms with van der Waals surface area (Å²) in [4.78, 5) is 34.1. The van der Waals surface area contributed by atoms with Crippen LogP contribution in [0.3, 0.4) is 0 Å². The summed E-state index contributed by atoms with van der Waals surface area (Å²) in [5, 5.41) is 3.68. The minimum Gasteiger partial charge on any atom is -0.350 e. The van der Waals surface area contributed by atoms with E-state index < -0.39 is 11.2 Å². The number of hydrogen-bond acceptors (Lipinski definition) is 5. The zero-order valence-corrected chi connectivity index (χ0v) is 18.2. The molecule has 0 saturated carbocycles. The first-order valence-corrected chi connectivity index (χ1v) is 10.9. The third-order valence-corrected chi connectivity index (χ3v) is 6.79. The number of nitrogens with one attached hydrogen (secondary N) is 2. The normalized spacial score (nSPS) is 16.9. The fourth-order valence-corrected chi connectivity index (χ4v) is 5.22. The van der Waals surface area contributed by atoms with Gasteiger partial charge < -0.3 is 15.2 Å². The SMILES string of the molecule is CC(C)(F)c1[nH]c(=O)c2nc(N3CCCC3C(=O)NCc3ccccc3)sc2c1Cl. The number of rotatable bonds is 5. The summed E-state index contributed by atoms with van der Waals surface area (Å²) in [6.07, 6.45) is 1.54. The average Bonchev–Trinajstić information content (AvgIpc) is 3.36. The topological polar surface area (TPSA) is 78.1 Å². The Morgan fingerprint density at radius 2 is 2.13 bits per heavy atom. The van der Waals surface area contributed by atoms with E-state index in [4.69, 9.17) is 11.6 Å². The number of alkyl halides is 1. The van der Waals surface area contributed by atoms with Crippen LogP contribution < -0.4 is 15.8 Å². The van der Waals surface area contributed by atoms with Crippen molar-refractivity contribution in [2.75, 3.05) is 11.4 Å². The second-order valence-corrected chi connectivity index (χ2v) is 9.20. The van der Waals surface area contributed by atoms with Gasteiger partial charge in [-0.1, -0.05) is 53.3 Å². The summed E-state index contributed by atoms with van der Waals surface area (Å²) >= 11 is 7.61. The minimum absolute atomic E-state index is 0.0374. The van der Waals surface area contributed by atoms with Crippen molar-refractivity contribution >= 4 is 44.2 Å². The van der Waals surface area contributed by atoms with Crippen molar-refractivity contribution in [3.8, 4) is 0 Å². The highest BCUT2D eigenvalue weighted by Crippen LogP contribution is 2.39. The Bertz CT molecular complexity index is 1140. The second kappa shape index (κ2) is 8.00. The van der Waals surface area contributed by atoms with Gasteiger partial charge in [-0.15, -0.1) is 0 Å². The molecule has 1 saturated heterocycles. The molecular weight excluding hydrogens is 427 g/mol. The lowest BCUT2D eigenvalue weighted by Crippen LogP contribution is -2.43. The summed E-state index contributed by atoms with van der Waals surface area (Å²) in [6, 6.07) is 9.33. The lowest BCUT2D eigenvalue weighted by Gasteiger charge is -2.23. The number of nitrogens with zero attached hydrogens (tertiary/aromatic N) is 2. The highest BCUT2D eigenvalue weighted by Gasteiger charge is 2.34. The predicted molar refractivity (Wildman–Crippen MR) is 118 cm³/mol. The summed E-state index contributed by atoms with van der Waals surface area (Å²) in [5.74, 6) is -0.0822. The van der Waals surface area contributed by atoms with Crippen LogP contribution in [0.4, 0.5) is 9.52 Å². The van der Waals surface area contributed by atoms with Crippen LogP contribution in [0.1, 0.15) is 37.9 Å². The molecule has 30 heavy (non-hydrogen) atoms. The fourth-order valence-electron chi connectivity index (χ4n) is 3.66. The van der Waals surface area contributed by atoms with Crippen molar-refractivity contribution in [2.45, 2.75) is 44.9 Å². The number of benzene rings is 1. The Labute approximate surface area is 182 Å². The van der Waals surface area contributed by atoms with Crippen LogP contribution in [0.15, 0.2) is 35.1 Å². The maximum absolute atomic E-state index is 14.5. The van der Waals surface area contributed by atoms with Crippen LogP contribution in [0.5, 0.6) is 0 Å². The first kappa shape index (κ1) is 20.8. The summed E-state index contributed by atoms with van der Waals surface area (Å²) < 4.78 is 14.9. The van der Waals surface area contributed by atoms with E-state index in [2.05, 4.69) is 15.3 Å². The molecule has 1 aliphatic heterocycles. The van der Waals surface area contributed by atoms with E-state index in [-0.39, 0.29) is 28.2 Å². The number of carbonyl (C=O) groups is 1. The van der Waals surface area contributed by atoms with Crippen molar-refractivity contribution in [3.63, 3.8) is 0 Å². The smallest absolute Gasteiger partial charge is 0.275 e. The molecular formula is C21H22ClFN4O2S. The highest BCUT2D eigenvalue weighted by molar-refractivity contribution is 7.22. The van der Waals surface area contributed by atoms with E-state index in [1.807, 2.05) is 35.2 Å². The number of thiazole rings is 1. The fraction of sp³-hybridized carbons (Fsp3) is 0.381. The monoisotopic (exact) mass is 448 g/mol. The standard InChI is InChI=1S/C21H22ClFN4O2S/c1-21(2,23)17-14(22)16-15(19(29)26-17)25-20(30-16)27-10-6-9-13(27)18(28)24-11-12-7-4-3-5-8-12/h3-5,7-8,13H,6,9-11H2,1-2H3,(H,24,28)(H,26,29). The number of pyridine rings is 1. The Hall–Kier alpha value is -2.45. The van der Waals surface area contributed by atoms with Crippen LogP contribution in [0, 0.1) is 0 Å². The van der Waals surface area contributed by atoms with Crippen molar-refractivity contribution in [1.29, 1.82) is 0 Å². The van der Waals surface area contributed by atoms with Crippen molar-refractivity contribution in [3.05, 3.63) is 57.0 Å². The molecule has 0 radical (unpaired) electrons. The van der Waals surface area contributed by atoms with Crippen molar-refractivity contribution in [2.24, 2.45) is 0 Å². The van der Waals surface area contributed by atoms with E-state index in [9.17, 15) is 14.0 Å².